The van der Waals surface area contributed by atoms with Gasteiger partial charge in [-0.15, -0.1) is 0 Å². The Kier molecular flexibility index (Phi) is 3.56. The normalized spacial score (nSPS) is 10.8. The summed E-state index contributed by atoms with van der Waals surface area (Å²) in [4.78, 5) is 11.1. The number of benzene rings is 2. The third-order valence-corrected chi connectivity index (χ3v) is 3.41. The first-order chi connectivity index (χ1) is 10.1. The predicted octanol–water partition coefficient (Wildman–Crippen LogP) is 1.66. The van der Waals surface area contributed by atoms with Gasteiger partial charge >= 0.3 is 0 Å². The van der Waals surface area contributed by atoms with E-state index in [2.05, 4.69) is 9.97 Å². The van der Waals surface area contributed by atoms with Gasteiger partial charge in [0.2, 0.25) is 0 Å². The minimum absolute atomic E-state index is 0.220. The summed E-state index contributed by atoms with van der Waals surface area (Å²) in [6.07, 6.45) is 1.77. The van der Waals surface area contributed by atoms with E-state index in [0.29, 0.717) is 6.54 Å². The Morgan fingerprint density at radius 2 is 1.86 bits per heavy atom. The summed E-state index contributed by atoms with van der Waals surface area (Å²) in [5.41, 5.74) is 3.98. The molecule has 0 aliphatic carbocycles. The number of hydrogen-bond acceptors (Lipinski definition) is 3. The maximum atomic E-state index is 12.9. The molecule has 0 saturated heterocycles. The van der Waals surface area contributed by atoms with Crippen molar-refractivity contribution in [2.24, 2.45) is 0 Å². The molecule has 0 atom stereocenters. The standard InChI is InChI=1S/C16H15BFN3/c1-21(10-11-2-5-13(18)6-3-11)16-9-19-15-8-12(17)4-7-14(15)20-16/h2-9H,10,17H2,1H3. The molecular weight excluding hydrogens is 264 g/mol. The molecule has 1 aromatic heterocycles. The molecule has 0 radical (unpaired) electrons. The third-order valence-electron chi connectivity index (χ3n) is 3.41. The van der Waals surface area contributed by atoms with Gasteiger partial charge in [0.05, 0.1) is 17.2 Å². The van der Waals surface area contributed by atoms with E-state index in [1.807, 2.05) is 38.0 Å². The number of fused-ring (bicyclic) bond motifs is 1. The van der Waals surface area contributed by atoms with Crippen LogP contribution in [0.5, 0.6) is 0 Å². The average Bonchev–Trinajstić information content (AvgIpc) is 2.49. The van der Waals surface area contributed by atoms with E-state index in [4.69, 9.17) is 0 Å². The van der Waals surface area contributed by atoms with E-state index in [1.165, 1.54) is 17.6 Å². The van der Waals surface area contributed by atoms with E-state index in [-0.39, 0.29) is 5.82 Å². The van der Waals surface area contributed by atoms with Crippen molar-refractivity contribution >= 4 is 30.2 Å². The minimum Gasteiger partial charge on any atom is -0.354 e. The van der Waals surface area contributed by atoms with Crippen molar-refractivity contribution in [3.8, 4) is 0 Å². The number of rotatable bonds is 3. The van der Waals surface area contributed by atoms with Gasteiger partial charge in [-0.2, -0.15) is 0 Å². The fourth-order valence-corrected chi connectivity index (χ4v) is 2.24. The van der Waals surface area contributed by atoms with Crippen molar-refractivity contribution in [3.05, 3.63) is 60.0 Å². The summed E-state index contributed by atoms with van der Waals surface area (Å²) in [5.74, 6) is 0.581. The highest BCUT2D eigenvalue weighted by Gasteiger charge is 2.06. The Hall–Kier alpha value is -2.43. The van der Waals surface area contributed by atoms with Gasteiger partial charge in [-0.3, -0.25) is 4.98 Å². The molecule has 104 valence electrons. The Bertz CT molecular complexity index is 774. The number of nitrogens with zero attached hydrogens (tertiary/aromatic N) is 3. The highest BCUT2D eigenvalue weighted by Crippen LogP contribution is 2.16. The van der Waals surface area contributed by atoms with Gasteiger partial charge in [0.1, 0.15) is 19.5 Å². The minimum atomic E-state index is -0.220. The average molecular weight is 279 g/mol. The number of halogens is 1. The molecule has 0 aliphatic rings. The maximum Gasteiger partial charge on any atom is 0.147 e. The van der Waals surface area contributed by atoms with Crippen molar-refractivity contribution in [1.29, 1.82) is 0 Å². The molecule has 0 saturated carbocycles. The predicted molar refractivity (Wildman–Crippen MR) is 86.2 cm³/mol. The van der Waals surface area contributed by atoms with E-state index in [0.717, 1.165) is 22.4 Å². The topological polar surface area (TPSA) is 29.0 Å². The van der Waals surface area contributed by atoms with Crippen LogP contribution in [0.15, 0.2) is 48.7 Å². The molecule has 21 heavy (non-hydrogen) atoms. The van der Waals surface area contributed by atoms with Crippen LogP contribution in [0.3, 0.4) is 0 Å². The summed E-state index contributed by atoms with van der Waals surface area (Å²) in [7, 11) is 3.99. The van der Waals surface area contributed by atoms with Crippen LogP contribution in [-0.4, -0.2) is 24.9 Å². The summed E-state index contributed by atoms with van der Waals surface area (Å²) >= 11 is 0. The first kappa shape index (κ1) is 13.6. The fourth-order valence-electron chi connectivity index (χ4n) is 2.24. The van der Waals surface area contributed by atoms with Crippen molar-refractivity contribution < 1.29 is 4.39 Å². The Balaban J connectivity index is 1.85. The van der Waals surface area contributed by atoms with Gasteiger partial charge < -0.3 is 4.90 Å². The lowest BCUT2D eigenvalue weighted by Gasteiger charge is -2.18. The van der Waals surface area contributed by atoms with E-state index < -0.39 is 0 Å². The Morgan fingerprint density at radius 1 is 1.10 bits per heavy atom. The van der Waals surface area contributed by atoms with Crippen LogP contribution < -0.4 is 10.4 Å². The van der Waals surface area contributed by atoms with Gasteiger partial charge in [-0.25, -0.2) is 9.37 Å². The molecule has 0 spiro atoms. The molecule has 0 aliphatic heterocycles. The van der Waals surface area contributed by atoms with Crippen molar-refractivity contribution in [2.75, 3.05) is 11.9 Å². The lowest BCUT2D eigenvalue weighted by atomic mass is 9.96. The van der Waals surface area contributed by atoms with Gasteiger partial charge in [-0.1, -0.05) is 23.7 Å². The maximum absolute atomic E-state index is 12.9. The molecule has 3 rings (SSSR count). The zero-order chi connectivity index (χ0) is 14.8. The molecule has 0 fully saturated rings. The molecule has 3 nitrogen and oxygen atoms in total. The molecular formula is C16H15BFN3. The molecule has 0 amide bonds. The molecule has 0 unspecified atom stereocenters. The Labute approximate surface area is 123 Å². The highest BCUT2D eigenvalue weighted by atomic mass is 19.1. The number of aromatic nitrogens is 2. The number of hydrogen-bond donors (Lipinski definition) is 0. The quantitative estimate of drug-likeness (QED) is 0.683. The zero-order valence-corrected chi connectivity index (χ0v) is 12.0. The molecule has 0 N–H and O–H groups in total. The molecule has 3 aromatic rings. The summed E-state index contributed by atoms with van der Waals surface area (Å²) in [6, 6.07) is 12.5. The zero-order valence-electron chi connectivity index (χ0n) is 12.0. The van der Waals surface area contributed by atoms with E-state index in [9.17, 15) is 4.39 Å². The first-order valence-electron chi connectivity index (χ1n) is 6.81. The SMILES string of the molecule is Bc1ccc2nc(N(C)Cc3ccc(F)cc3)cnc2c1. The van der Waals surface area contributed by atoms with Crippen molar-refractivity contribution in [3.63, 3.8) is 0 Å². The van der Waals surface area contributed by atoms with Crippen LogP contribution in [0.2, 0.25) is 0 Å². The van der Waals surface area contributed by atoms with Gasteiger partial charge in [0.25, 0.3) is 0 Å². The largest absolute Gasteiger partial charge is 0.354 e. The molecule has 1 heterocycles. The first-order valence-corrected chi connectivity index (χ1v) is 6.81. The fraction of sp³-hybridized carbons (Fsp3) is 0.125. The number of anilines is 1. The lowest BCUT2D eigenvalue weighted by Crippen LogP contribution is -2.18. The second kappa shape index (κ2) is 5.52. The smallest absolute Gasteiger partial charge is 0.147 e. The van der Waals surface area contributed by atoms with E-state index in [1.54, 1.807) is 18.3 Å². The summed E-state index contributed by atoms with van der Waals surface area (Å²) in [6.45, 7) is 0.659. The summed E-state index contributed by atoms with van der Waals surface area (Å²) < 4.78 is 12.9. The van der Waals surface area contributed by atoms with Crippen LogP contribution in [0.4, 0.5) is 10.2 Å². The highest BCUT2D eigenvalue weighted by molar-refractivity contribution is 6.33. The Morgan fingerprint density at radius 3 is 2.62 bits per heavy atom. The van der Waals surface area contributed by atoms with Crippen LogP contribution >= 0.6 is 0 Å². The monoisotopic (exact) mass is 279 g/mol. The lowest BCUT2D eigenvalue weighted by molar-refractivity contribution is 0.627. The van der Waals surface area contributed by atoms with Crippen LogP contribution in [-0.2, 0) is 6.54 Å². The van der Waals surface area contributed by atoms with Gasteiger partial charge in [0.15, 0.2) is 0 Å². The second-order valence-corrected chi connectivity index (χ2v) is 5.20. The van der Waals surface area contributed by atoms with Crippen LogP contribution in [0.25, 0.3) is 11.0 Å². The van der Waals surface area contributed by atoms with Gasteiger partial charge in [0, 0.05) is 13.6 Å². The van der Waals surface area contributed by atoms with Crippen molar-refractivity contribution in [2.45, 2.75) is 6.54 Å². The molecule has 2 aromatic carbocycles. The third kappa shape index (κ3) is 3.02. The molecule has 0 bridgehead atoms. The summed E-state index contributed by atoms with van der Waals surface area (Å²) in [5, 5.41) is 0. The second-order valence-electron chi connectivity index (χ2n) is 5.20. The van der Waals surface area contributed by atoms with Crippen LogP contribution in [0, 0.1) is 5.82 Å². The van der Waals surface area contributed by atoms with E-state index >= 15 is 0 Å². The van der Waals surface area contributed by atoms with Gasteiger partial charge in [-0.05, 0) is 29.8 Å². The van der Waals surface area contributed by atoms with Crippen LogP contribution in [0.1, 0.15) is 5.56 Å². The molecule has 5 heteroatoms. The van der Waals surface area contributed by atoms with Crippen molar-refractivity contribution in [1.82, 2.24) is 9.97 Å².